The van der Waals surface area contributed by atoms with E-state index in [1.165, 1.54) is 12.8 Å². The van der Waals surface area contributed by atoms with Crippen molar-refractivity contribution in [3.63, 3.8) is 0 Å². The van der Waals surface area contributed by atoms with Crippen LogP contribution in [0.15, 0.2) is 0 Å². The fraction of sp³-hybridized carbons (Fsp3) is 0.889. The minimum absolute atomic E-state index is 0.347. The van der Waals surface area contributed by atoms with Gasteiger partial charge in [0.15, 0.2) is 6.10 Å². The molecule has 3 heteroatoms. The quantitative estimate of drug-likeness (QED) is 0.632. The Bertz CT molecular complexity index is 152. The molecule has 0 spiro atoms. The van der Waals surface area contributed by atoms with Gasteiger partial charge < -0.3 is 9.84 Å². The van der Waals surface area contributed by atoms with Crippen LogP contribution >= 0.6 is 0 Å². The largest absolute Gasteiger partial charge is 0.464 e. The molecular formula is C9H16O3. The van der Waals surface area contributed by atoms with Gasteiger partial charge in [-0.3, -0.25) is 0 Å². The van der Waals surface area contributed by atoms with E-state index in [0.717, 1.165) is 12.3 Å². The van der Waals surface area contributed by atoms with Gasteiger partial charge in [-0.1, -0.05) is 12.8 Å². The van der Waals surface area contributed by atoms with Crippen LogP contribution in [0, 0.1) is 5.92 Å². The van der Waals surface area contributed by atoms with Gasteiger partial charge in [-0.15, -0.1) is 0 Å². The molecule has 1 aliphatic rings. The Morgan fingerprint density at radius 3 is 2.83 bits per heavy atom. The number of carbonyl (C=O) groups excluding carboxylic acids is 1. The van der Waals surface area contributed by atoms with E-state index in [2.05, 4.69) is 4.74 Å². The van der Waals surface area contributed by atoms with Crippen LogP contribution in [0.2, 0.25) is 0 Å². The summed E-state index contributed by atoms with van der Waals surface area (Å²) in [5.41, 5.74) is 0. The standard InChI is InChI=1S/C9H16O3/c1-2-12-9(11)8(10)6-5-7-3-4-7/h7-8,10H,2-6H2,1H3. The van der Waals surface area contributed by atoms with Crippen molar-refractivity contribution in [3.8, 4) is 0 Å². The Balaban J connectivity index is 2.07. The summed E-state index contributed by atoms with van der Waals surface area (Å²) in [4.78, 5) is 10.9. The van der Waals surface area contributed by atoms with Crippen LogP contribution in [-0.2, 0) is 9.53 Å². The van der Waals surface area contributed by atoms with E-state index in [-0.39, 0.29) is 0 Å². The van der Waals surface area contributed by atoms with E-state index >= 15 is 0 Å². The third-order valence-electron chi connectivity index (χ3n) is 2.10. The first-order valence-electron chi connectivity index (χ1n) is 4.58. The molecule has 1 rings (SSSR count). The van der Waals surface area contributed by atoms with Crippen LogP contribution in [0.3, 0.4) is 0 Å². The molecule has 12 heavy (non-hydrogen) atoms. The van der Waals surface area contributed by atoms with Gasteiger partial charge in [0.1, 0.15) is 0 Å². The topological polar surface area (TPSA) is 46.5 Å². The first-order chi connectivity index (χ1) is 5.74. The maximum atomic E-state index is 10.9. The van der Waals surface area contributed by atoms with E-state index in [4.69, 9.17) is 0 Å². The van der Waals surface area contributed by atoms with E-state index in [9.17, 15) is 9.90 Å². The number of esters is 1. The van der Waals surface area contributed by atoms with E-state index in [0.29, 0.717) is 13.0 Å². The molecule has 70 valence electrons. The van der Waals surface area contributed by atoms with Gasteiger partial charge in [0, 0.05) is 0 Å². The van der Waals surface area contributed by atoms with Crippen molar-refractivity contribution >= 4 is 5.97 Å². The van der Waals surface area contributed by atoms with E-state index in [1.807, 2.05) is 0 Å². The molecule has 0 aliphatic heterocycles. The minimum Gasteiger partial charge on any atom is -0.464 e. The predicted octanol–water partition coefficient (Wildman–Crippen LogP) is 1.10. The monoisotopic (exact) mass is 172 g/mol. The molecule has 0 aromatic rings. The fourth-order valence-electron chi connectivity index (χ4n) is 1.16. The molecule has 0 radical (unpaired) electrons. The molecule has 1 saturated carbocycles. The third kappa shape index (κ3) is 3.22. The summed E-state index contributed by atoms with van der Waals surface area (Å²) in [5.74, 6) is 0.284. The van der Waals surface area contributed by atoms with Crippen LogP contribution in [0.5, 0.6) is 0 Å². The number of rotatable bonds is 5. The second kappa shape index (κ2) is 4.45. The number of ether oxygens (including phenoxy) is 1. The summed E-state index contributed by atoms with van der Waals surface area (Å²) in [7, 11) is 0. The first-order valence-corrected chi connectivity index (χ1v) is 4.58. The lowest BCUT2D eigenvalue weighted by Gasteiger charge is -2.08. The second-order valence-corrected chi connectivity index (χ2v) is 3.29. The van der Waals surface area contributed by atoms with Crippen molar-refractivity contribution in [2.24, 2.45) is 5.92 Å². The molecule has 1 aliphatic carbocycles. The summed E-state index contributed by atoms with van der Waals surface area (Å²) in [6.07, 6.45) is 3.14. The molecule has 0 aromatic carbocycles. The Morgan fingerprint density at radius 2 is 2.33 bits per heavy atom. The second-order valence-electron chi connectivity index (χ2n) is 3.29. The average molecular weight is 172 g/mol. The van der Waals surface area contributed by atoms with Crippen LogP contribution in [0.4, 0.5) is 0 Å². The van der Waals surface area contributed by atoms with Crippen molar-refractivity contribution in [2.75, 3.05) is 6.61 Å². The molecule has 1 atom stereocenters. The maximum Gasteiger partial charge on any atom is 0.334 e. The summed E-state index contributed by atoms with van der Waals surface area (Å²) < 4.78 is 4.67. The molecule has 0 saturated heterocycles. The van der Waals surface area contributed by atoms with Crippen LogP contribution in [0.25, 0.3) is 0 Å². The smallest absolute Gasteiger partial charge is 0.334 e. The third-order valence-corrected chi connectivity index (χ3v) is 2.10. The Morgan fingerprint density at radius 1 is 1.67 bits per heavy atom. The molecule has 1 fully saturated rings. The molecule has 1 unspecified atom stereocenters. The first kappa shape index (κ1) is 9.52. The van der Waals surface area contributed by atoms with Crippen LogP contribution in [-0.4, -0.2) is 23.8 Å². The van der Waals surface area contributed by atoms with E-state index < -0.39 is 12.1 Å². The molecule has 3 nitrogen and oxygen atoms in total. The van der Waals surface area contributed by atoms with E-state index in [1.54, 1.807) is 6.92 Å². The highest BCUT2D eigenvalue weighted by Gasteiger charge is 2.24. The lowest BCUT2D eigenvalue weighted by Crippen LogP contribution is -2.22. The van der Waals surface area contributed by atoms with Crippen LogP contribution < -0.4 is 0 Å². The molecule has 0 aromatic heterocycles. The van der Waals surface area contributed by atoms with Crippen molar-refractivity contribution < 1.29 is 14.6 Å². The van der Waals surface area contributed by atoms with Gasteiger partial charge in [0.05, 0.1) is 6.61 Å². The number of aliphatic hydroxyl groups excluding tert-OH is 1. The van der Waals surface area contributed by atoms with Gasteiger partial charge in [-0.05, 0) is 25.7 Å². The Kier molecular flexibility index (Phi) is 3.53. The lowest BCUT2D eigenvalue weighted by atomic mass is 10.1. The van der Waals surface area contributed by atoms with Crippen molar-refractivity contribution in [1.29, 1.82) is 0 Å². The molecule has 0 amide bonds. The zero-order valence-electron chi connectivity index (χ0n) is 7.45. The highest BCUT2D eigenvalue weighted by atomic mass is 16.5. The number of aliphatic hydroxyl groups is 1. The molecule has 1 N–H and O–H groups in total. The summed E-state index contributed by atoms with van der Waals surface area (Å²) in [5, 5.41) is 9.25. The van der Waals surface area contributed by atoms with Crippen molar-refractivity contribution in [2.45, 2.75) is 38.7 Å². The van der Waals surface area contributed by atoms with Gasteiger partial charge in [0.25, 0.3) is 0 Å². The molecule has 0 bridgehead atoms. The highest BCUT2D eigenvalue weighted by molar-refractivity contribution is 5.74. The van der Waals surface area contributed by atoms with Gasteiger partial charge >= 0.3 is 5.97 Å². The highest BCUT2D eigenvalue weighted by Crippen LogP contribution is 2.33. The lowest BCUT2D eigenvalue weighted by molar-refractivity contribution is -0.153. The SMILES string of the molecule is CCOC(=O)C(O)CCC1CC1. The zero-order chi connectivity index (χ0) is 8.97. The van der Waals surface area contributed by atoms with Crippen LogP contribution in [0.1, 0.15) is 32.6 Å². The number of hydrogen-bond acceptors (Lipinski definition) is 3. The summed E-state index contributed by atoms with van der Waals surface area (Å²) in [6.45, 7) is 2.09. The van der Waals surface area contributed by atoms with Gasteiger partial charge in [-0.25, -0.2) is 4.79 Å². The number of carbonyl (C=O) groups is 1. The fourth-order valence-corrected chi connectivity index (χ4v) is 1.16. The Hall–Kier alpha value is -0.570. The van der Waals surface area contributed by atoms with Gasteiger partial charge in [-0.2, -0.15) is 0 Å². The van der Waals surface area contributed by atoms with Gasteiger partial charge in [0.2, 0.25) is 0 Å². The summed E-state index contributed by atoms with van der Waals surface area (Å²) in [6, 6.07) is 0. The minimum atomic E-state index is -0.898. The predicted molar refractivity (Wildman–Crippen MR) is 44.6 cm³/mol. The zero-order valence-corrected chi connectivity index (χ0v) is 7.45. The maximum absolute atomic E-state index is 10.9. The average Bonchev–Trinajstić information content (AvgIpc) is 2.83. The molecular weight excluding hydrogens is 156 g/mol. The van der Waals surface area contributed by atoms with Crippen molar-refractivity contribution in [3.05, 3.63) is 0 Å². The summed E-state index contributed by atoms with van der Waals surface area (Å²) >= 11 is 0. The van der Waals surface area contributed by atoms with Crippen molar-refractivity contribution in [1.82, 2.24) is 0 Å². The number of hydrogen-bond donors (Lipinski definition) is 1. The Labute approximate surface area is 72.7 Å². The molecule has 0 heterocycles. The normalized spacial score (nSPS) is 18.8.